The van der Waals surface area contributed by atoms with Crippen LogP contribution in [0.15, 0.2) is 41.3 Å². The molecule has 0 aromatic heterocycles. The Morgan fingerprint density at radius 2 is 1.50 bits per heavy atom. The third-order valence-electron chi connectivity index (χ3n) is 5.99. The SMILES string of the molecule is CCC(OC1C(c2cc(OC)c(OC)c(OC)c2)OC(c2cccc(S(C)(=O)=O)c2)C1OC)OS(=O)(=O)O. The standard InChI is InChI=1S/C24H32O12S2/c1-7-19(36-38(27,28)29)34-24-21(15-12-17(30-2)22(32-4)18(13-15)31-3)35-20(23(24)33-5)14-9-8-10-16(11-14)37(6,25)26/h8-13,19-21,23-24H,7H2,1-6H3,(H,27,28,29). The van der Waals surface area contributed by atoms with Crippen molar-refractivity contribution in [2.24, 2.45) is 0 Å². The first-order valence-corrected chi connectivity index (χ1v) is 14.7. The van der Waals surface area contributed by atoms with Gasteiger partial charge in [-0.15, -0.1) is 0 Å². The molecule has 0 radical (unpaired) electrons. The van der Waals surface area contributed by atoms with Crippen molar-refractivity contribution in [1.29, 1.82) is 0 Å². The normalized spacial score (nSPS) is 22.7. The smallest absolute Gasteiger partial charge is 0.399 e. The molecule has 2 aromatic rings. The van der Waals surface area contributed by atoms with Crippen molar-refractivity contribution < 1.29 is 54.0 Å². The third kappa shape index (κ3) is 6.75. The Balaban J connectivity index is 2.14. The van der Waals surface area contributed by atoms with E-state index in [0.29, 0.717) is 28.4 Å². The lowest BCUT2D eigenvalue weighted by Gasteiger charge is -2.27. The molecule has 0 spiro atoms. The van der Waals surface area contributed by atoms with Crippen molar-refractivity contribution in [2.45, 2.75) is 48.9 Å². The molecule has 0 amide bonds. The molecule has 38 heavy (non-hydrogen) atoms. The molecule has 1 fully saturated rings. The molecule has 1 aliphatic rings. The summed E-state index contributed by atoms with van der Waals surface area (Å²) in [6, 6.07) is 9.51. The van der Waals surface area contributed by atoms with Crippen LogP contribution in [0.1, 0.15) is 36.7 Å². The van der Waals surface area contributed by atoms with Crippen LogP contribution in [0.4, 0.5) is 0 Å². The third-order valence-corrected chi connectivity index (χ3v) is 7.56. The van der Waals surface area contributed by atoms with Crippen LogP contribution in [-0.4, -0.2) is 74.6 Å². The van der Waals surface area contributed by atoms with Crippen molar-refractivity contribution in [3.05, 3.63) is 47.5 Å². The Bertz CT molecular complexity index is 1300. The Morgan fingerprint density at radius 3 is 1.97 bits per heavy atom. The van der Waals surface area contributed by atoms with E-state index in [1.54, 1.807) is 31.2 Å². The second kappa shape index (κ2) is 12.2. The van der Waals surface area contributed by atoms with Crippen molar-refractivity contribution in [1.82, 2.24) is 0 Å². The lowest BCUT2D eigenvalue weighted by molar-refractivity contribution is -0.159. The van der Waals surface area contributed by atoms with Gasteiger partial charge in [0, 0.05) is 13.4 Å². The summed E-state index contributed by atoms with van der Waals surface area (Å²) in [6.45, 7) is 1.61. The van der Waals surface area contributed by atoms with Crippen LogP contribution in [0, 0.1) is 0 Å². The molecule has 1 aliphatic heterocycles. The fraction of sp³-hybridized carbons (Fsp3) is 0.500. The molecule has 3 rings (SSSR count). The van der Waals surface area contributed by atoms with Gasteiger partial charge in [0.15, 0.2) is 27.6 Å². The minimum absolute atomic E-state index is 0.0585. The van der Waals surface area contributed by atoms with E-state index in [1.165, 1.54) is 40.6 Å². The number of sulfone groups is 1. The number of hydrogen-bond acceptors (Lipinski definition) is 11. The zero-order valence-corrected chi connectivity index (χ0v) is 23.4. The zero-order chi connectivity index (χ0) is 28.3. The van der Waals surface area contributed by atoms with Gasteiger partial charge in [-0.1, -0.05) is 19.1 Å². The molecular formula is C24H32O12S2. The molecule has 14 heteroatoms. The van der Waals surface area contributed by atoms with Crippen LogP contribution in [0.5, 0.6) is 17.2 Å². The van der Waals surface area contributed by atoms with Gasteiger partial charge in [0.05, 0.1) is 26.2 Å². The average Bonchev–Trinajstić information content (AvgIpc) is 3.24. The van der Waals surface area contributed by atoms with Crippen molar-refractivity contribution >= 4 is 20.2 Å². The molecule has 12 nitrogen and oxygen atoms in total. The van der Waals surface area contributed by atoms with Gasteiger partial charge >= 0.3 is 10.4 Å². The summed E-state index contributed by atoms with van der Waals surface area (Å²) >= 11 is 0. The highest BCUT2D eigenvalue weighted by molar-refractivity contribution is 7.90. The van der Waals surface area contributed by atoms with Crippen LogP contribution in [0.2, 0.25) is 0 Å². The van der Waals surface area contributed by atoms with Gasteiger partial charge in [0.2, 0.25) is 5.75 Å². The van der Waals surface area contributed by atoms with Gasteiger partial charge in [-0.05, 0) is 41.8 Å². The van der Waals surface area contributed by atoms with E-state index in [9.17, 15) is 21.4 Å². The number of hydrogen-bond donors (Lipinski definition) is 1. The molecular weight excluding hydrogens is 544 g/mol. The lowest BCUT2D eigenvalue weighted by Crippen LogP contribution is -2.37. The maximum absolute atomic E-state index is 12.2. The van der Waals surface area contributed by atoms with Gasteiger partial charge in [0.1, 0.15) is 24.4 Å². The summed E-state index contributed by atoms with van der Waals surface area (Å²) in [7, 11) is -2.56. The van der Waals surface area contributed by atoms with Crippen molar-refractivity contribution in [3.8, 4) is 17.2 Å². The van der Waals surface area contributed by atoms with E-state index in [4.69, 9.17) is 32.6 Å². The van der Waals surface area contributed by atoms with E-state index in [-0.39, 0.29) is 11.3 Å². The molecule has 1 heterocycles. The Morgan fingerprint density at radius 1 is 0.895 bits per heavy atom. The minimum atomic E-state index is -4.83. The molecule has 1 saturated heterocycles. The number of ether oxygens (including phenoxy) is 6. The zero-order valence-electron chi connectivity index (χ0n) is 21.8. The highest BCUT2D eigenvalue weighted by Crippen LogP contribution is 2.48. The second-order valence-electron chi connectivity index (χ2n) is 8.44. The van der Waals surface area contributed by atoms with Gasteiger partial charge in [-0.3, -0.25) is 4.55 Å². The summed E-state index contributed by atoms with van der Waals surface area (Å²) in [5, 5.41) is 0. The Labute approximate surface area is 222 Å². The summed E-state index contributed by atoms with van der Waals surface area (Å²) in [4.78, 5) is 0.0864. The first-order chi connectivity index (χ1) is 17.9. The van der Waals surface area contributed by atoms with E-state index in [1.807, 2.05) is 0 Å². The van der Waals surface area contributed by atoms with Gasteiger partial charge in [0.25, 0.3) is 0 Å². The first-order valence-electron chi connectivity index (χ1n) is 11.5. The summed E-state index contributed by atoms with van der Waals surface area (Å²) in [5.41, 5.74) is 1.00. The van der Waals surface area contributed by atoms with Crippen LogP contribution in [0.3, 0.4) is 0 Å². The fourth-order valence-corrected chi connectivity index (χ4v) is 5.41. The number of benzene rings is 2. The molecule has 2 aromatic carbocycles. The quantitative estimate of drug-likeness (QED) is 0.292. The largest absolute Gasteiger partial charge is 0.493 e. The van der Waals surface area contributed by atoms with E-state index >= 15 is 0 Å². The molecule has 1 N–H and O–H groups in total. The van der Waals surface area contributed by atoms with Crippen LogP contribution < -0.4 is 14.2 Å². The van der Waals surface area contributed by atoms with Crippen molar-refractivity contribution in [2.75, 3.05) is 34.7 Å². The number of rotatable bonds is 12. The average molecular weight is 577 g/mol. The molecule has 0 saturated carbocycles. The lowest BCUT2D eigenvalue weighted by atomic mass is 9.97. The molecule has 5 unspecified atom stereocenters. The number of methoxy groups -OCH3 is 4. The van der Waals surface area contributed by atoms with Crippen LogP contribution >= 0.6 is 0 Å². The highest BCUT2D eigenvalue weighted by Gasteiger charge is 2.49. The summed E-state index contributed by atoms with van der Waals surface area (Å²) in [6.07, 6.45) is -3.79. The summed E-state index contributed by atoms with van der Waals surface area (Å²) < 4.78 is 95.6. The summed E-state index contributed by atoms with van der Waals surface area (Å²) in [5.74, 6) is 1.01. The second-order valence-corrected chi connectivity index (χ2v) is 11.5. The highest BCUT2D eigenvalue weighted by atomic mass is 32.3. The maximum Gasteiger partial charge on any atom is 0.399 e. The van der Waals surface area contributed by atoms with Gasteiger partial charge < -0.3 is 28.4 Å². The molecule has 212 valence electrons. The molecule has 5 atom stereocenters. The first kappa shape index (κ1) is 30.1. The van der Waals surface area contributed by atoms with Crippen LogP contribution in [0.25, 0.3) is 0 Å². The van der Waals surface area contributed by atoms with Crippen LogP contribution in [-0.2, 0) is 38.6 Å². The molecule has 0 bridgehead atoms. The van der Waals surface area contributed by atoms with Crippen molar-refractivity contribution in [3.63, 3.8) is 0 Å². The monoisotopic (exact) mass is 576 g/mol. The topological polar surface area (TPSA) is 153 Å². The van der Waals surface area contributed by atoms with E-state index in [0.717, 1.165) is 6.26 Å². The Hall–Kier alpha value is -2.46. The Kier molecular flexibility index (Phi) is 9.62. The van der Waals surface area contributed by atoms with E-state index < -0.39 is 50.9 Å². The van der Waals surface area contributed by atoms with Gasteiger partial charge in [-0.25, -0.2) is 12.6 Å². The predicted octanol–water partition coefficient (Wildman–Crippen LogP) is 2.88. The maximum atomic E-state index is 12.2. The van der Waals surface area contributed by atoms with Gasteiger partial charge in [-0.2, -0.15) is 8.42 Å². The van der Waals surface area contributed by atoms with E-state index in [2.05, 4.69) is 0 Å². The predicted molar refractivity (Wildman–Crippen MR) is 135 cm³/mol. The molecule has 0 aliphatic carbocycles. The fourth-order valence-electron chi connectivity index (χ4n) is 4.29. The minimum Gasteiger partial charge on any atom is -0.493 e.